The van der Waals surface area contributed by atoms with Crippen molar-refractivity contribution in [1.29, 1.82) is 0 Å². The van der Waals surface area contributed by atoms with E-state index in [4.69, 9.17) is 9.47 Å². The third kappa shape index (κ3) is 8.65. The molecule has 0 aromatic heterocycles. The van der Waals surface area contributed by atoms with Crippen LogP contribution in [0.5, 0.6) is 0 Å². The van der Waals surface area contributed by atoms with Crippen LogP contribution < -0.4 is 0 Å². The van der Waals surface area contributed by atoms with Crippen LogP contribution in [0, 0.1) is 17.7 Å². The van der Waals surface area contributed by atoms with Crippen LogP contribution in [0.25, 0.3) is 11.1 Å². The van der Waals surface area contributed by atoms with Gasteiger partial charge >= 0.3 is 0 Å². The quantitative estimate of drug-likeness (QED) is 0.251. The summed E-state index contributed by atoms with van der Waals surface area (Å²) in [6.45, 7) is 6.16. The van der Waals surface area contributed by atoms with E-state index in [1.807, 2.05) is 6.07 Å². The Morgan fingerprint density at radius 2 is 1.38 bits per heavy atom. The molecule has 2 aromatic carbocycles. The van der Waals surface area contributed by atoms with Crippen LogP contribution >= 0.6 is 0 Å². The third-order valence-corrected chi connectivity index (χ3v) is 8.71. The summed E-state index contributed by atoms with van der Waals surface area (Å²) in [4.78, 5) is 0. The highest BCUT2D eigenvalue weighted by Crippen LogP contribution is 2.39. The summed E-state index contributed by atoms with van der Waals surface area (Å²) in [5.41, 5.74) is 4.09. The van der Waals surface area contributed by atoms with Gasteiger partial charge in [0.25, 0.3) is 0 Å². The summed E-state index contributed by atoms with van der Waals surface area (Å²) in [6.07, 6.45) is 17.1. The zero-order valence-corrected chi connectivity index (χ0v) is 23.4. The molecule has 0 bridgehead atoms. The molecule has 1 aliphatic carbocycles. The standard InChI is InChI=1S/C34H49FO2/c1-3-5-7-9-26-11-16-29(17-12-26)31-20-21-32(33(35)23-31)30-18-13-27(14-19-30)15-22-34-36-24-28(25-37-34)10-8-6-4-2/h13-14,18-21,23,26,28-29,34H,3-12,15-17,22,24-25H2,1-2H3. The van der Waals surface area contributed by atoms with E-state index >= 15 is 4.39 Å². The Balaban J connectivity index is 1.23. The molecule has 204 valence electrons. The van der Waals surface area contributed by atoms with Crippen LogP contribution in [0.2, 0.25) is 0 Å². The van der Waals surface area contributed by atoms with Crippen molar-refractivity contribution in [3.63, 3.8) is 0 Å². The van der Waals surface area contributed by atoms with Crippen LogP contribution in [-0.4, -0.2) is 19.5 Å². The smallest absolute Gasteiger partial charge is 0.157 e. The Hall–Kier alpha value is -1.71. The number of benzene rings is 2. The minimum Gasteiger partial charge on any atom is -0.352 e. The lowest BCUT2D eigenvalue weighted by atomic mass is 9.77. The highest BCUT2D eigenvalue weighted by atomic mass is 19.1. The first-order valence-electron chi connectivity index (χ1n) is 15.3. The van der Waals surface area contributed by atoms with Crippen LogP contribution in [0.3, 0.4) is 0 Å². The number of hydrogen-bond acceptors (Lipinski definition) is 2. The first kappa shape index (κ1) is 28.3. The fourth-order valence-corrected chi connectivity index (χ4v) is 6.22. The summed E-state index contributed by atoms with van der Waals surface area (Å²) in [5.74, 6) is 1.86. The van der Waals surface area contributed by atoms with Crippen molar-refractivity contribution in [1.82, 2.24) is 0 Å². The molecule has 2 fully saturated rings. The van der Waals surface area contributed by atoms with Crippen LogP contribution in [-0.2, 0) is 15.9 Å². The average Bonchev–Trinajstić information content (AvgIpc) is 2.94. The molecule has 2 nitrogen and oxygen atoms in total. The lowest BCUT2D eigenvalue weighted by Gasteiger charge is -2.29. The van der Waals surface area contributed by atoms with Crippen LogP contribution in [0.4, 0.5) is 4.39 Å². The number of unbranched alkanes of at least 4 members (excludes halogenated alkanes) is 4. The predicted octanol–water partition coefficient (Wildman–Crippen LogP) is 9.85. The Morgan fingerprint density at radius 1 is 0.730 bits per heavy atom. The monoisotopic (exact) mass is 508 g/mol. The molecule has 1 saturated heterocycles. The van der Waals surface area contributed by atoms with E-state index in [9.17, 15) is 0 Å². The van der Waals surface area contributed by atoms with Gasteiger partial charge in [-0.25, -0.2) is 4.39 Å². The summed E-state index contributed by atoms with van der Waals surface area (Å²) in [5, 5.41) is 0. The van der Waals surface area contributed by atoms with Gasteiger partial charge in [-0.1, -0.05) is 95.2 Å². The summed E-state index contributed by atoms with van der Waals surface area (Å²) >= 11 is 0. The molecular weight excluding hydrogens is 459 g/mol. The zero-order chi connectivity index (χ0) is 25.9. The number of aryl methyl sites for hydroxylation is 1. The third-order valence-electron chi connectivity index (χ3n) is 8.71. The maximum absolute atomic E-state index is 15.2. The second-order valence-corrected chi connectivity index (χ2v) is 11.6. The highest BCUT2D eigenvalue weighted by Gasteiger charge is 2.23. The van der Waals surface area contributed by atoms with Crippen molar-refractivity contribution in [2.75, 3.05) is 13.2 Å². The first-order chi connectivity index (χ1) is 18.2. The van der Waals surface area contributed by atoms with Crippen LogP contribution in [0.15, 0.2) is 42.5 Å². The SMILES string of the molecule is CCCCCC1CCC(c2ccc(-c3ccc(CCC4OCC(CCCCC)CO4)cc3)c(F)c2)CC1. The predicted molar refractivity (Wildman–Crippen MR) is 152 cm³/mol. The Morgan fingerprint density at radius 3 is 2.00 bits per heavy atom. The number of ether oxygens (including phenoxy) is 2. The topological polar surface area (TPSA) is 18.5 Å². The number of rotatable bonds is 13. The van der Waals surface area contributed by atoms with Gasteiger partial charge in [-0.05, 0) is 73.1 Å². The number of hydrogen-bond donors (Lipinski definition) is 0. The van der Waals surface area contributed by atoms with Crippen LogP contribution in [0.1, 0.15) is 114 Å². The molecule has 0 N–H and O–H groups in total. The number of halogens is 1. The lowest BCUT2D eigenvalue weighted by Crippen LogP contribution is -2.32. The second kappa shape index (κ2) is 15.0. The molecule has 0 radical (unpaired) electrons. The van der Waals surface area contributed by atoms with Crippen molar-refractivity contribution in [2.45, 2.75) is 116 Å². The molecular formula is C34H49FO2. The zero-order valence-electron chi connectivity index (χ0n) is 23.4. The Labute approximate surface area is 225 Å². The largest absolute Gasteiger partial charge is 0.352 e. The van der Waals surface area contributed by atoms with Gasteiger partial charge in [0.2, 0.25) is 0 Å². The van der Waals surface area contributed by atoms with E-state index in [2.05, 4.69) is 44.2 Å². The van der Waals surface area contributed by atoms with Gasteiger partial charge in [-0.3, -0.25) is 0 Å². The maximum atomic E-state index is 15.2. The summed E-state index contributed by atoms with van der Waals surface area (Å²) < 4.78 is 27.1. The van der Waals surface area contributed by atoms with E-state index < -0.39 is 0 Å². The van der Waals surface area contributed by atoms with Gasteiger partial charge in [-0.15, -0.1) is 0 Å². The molecule has 0 unspecified atom stereocenters. The van der Waals surface area contributed by atoms with Crippen molar-refractivity contribution < 1.29 is 13.9 Å². The molecule has 0 amide bonds. The minimum absolute atomic E-state index is 0.0900. The molecule has 37 heavy (non-hydrogen) atoms. The van der Waals surface area contributed by atoms with Gasteiger partial charge in [0.15, 0.2) is 6.29 Å². The Kier molecular flexibility index (Phi) is 11.5. The normalized spacial score (nSPS) is 24.3. The summed E-state index contributed by atoms with van der Waals surface area (Å²) in [6, 6.07) is 14.3. The summed E-state index contributed by atoms with van der Waals surface area (Å²) in [7, 11) is 0. The molecule has 1 saturated carbocycles. The molecule has 2 aromatic rings. The minimum atomic E-state index is -0.0986. The van der Waals surface area contributed by atoms with E-state index in [0.717, 1.165) is 37.5 Å². The van der Waals surface area contributed by atoms with E-state index in [-0.39, 0.29) is 12.1 Å². The second-order valence-electron chi connectivity index (χ2n) is 11.6. The fourth-order valence-electron chi connectivity index (χ4n) is 6.22. The Bertz CT molecular complexity index is 908. The molecule has 1 heterocycles. The van der Waals surface area contributed by atoms with Gasteiger partial charge in [0, 0.05) is 17.9 Å². The van der Waals surface area contributed by atoms with E-state index in [0.29, 0.717) is 17.4 Å². The van der Waals surface area contributed by atoms with E-state index in [1.54, 1.807) is 6.07 Å². The van der Waals surface area contributed by atoms with Gasteiger partial charge in [0.1, 0.15) is 5.82 Å². The highest BCUT2D eigenvalue weighted by molar-refractivity contribution is 5.65. The van der Waals surface area contributed by atoms with Crippen molar-refractivity contribution >= 4 is 0 Å². The van der Waals surface area contributed by atoms with Gasteiger partial charge in [-0.2, -0.15) is 0 Å². The molecule has 0 spiro atoms. The van der Waals surface area contributed by atoms with Gasteiger partial charge < -0.3 is 9.47 Å². The molecule has 4 rings (SSSR count). The first-order valence-corrected chi connectivity index (χ1v) is 15.3. The molecule has 0 atom stereocenters. The lowest BCUT2D eigenvalue weighted by molar-refractivity contribution is -0.203. The molecule has 2 aliphatic rings. The van der Waals surface area contributed by atoms with Crippen molar-refractivity contribution in [3.8, 4) is 11.1 Å². The van der Waals surface area contributed by atoms with Crippen molar-refractivity contribution in [2.24, 2.45) is 11.8 Å². The molecule has 1 aliphatic heterocycles. The molecule has 3 heteroatoms. The maximum Gasteiger partial charge on any atom is 0.157 e. The average molecular weight is 509 g/mol. The van der Waals surface area contributed by atoms with Gasteiger partial charge in [0.05, 0.1) is 13.2 Å². The van der Waals surface area contributed by atoms with E-state index in [1.165, 1.54) is 88.2 Å². The van der Waals surface area contributed by atoms with Crippen molar-refractivity contribution in [3.05, 3.63) is 59.4 Å². The fraction of sp³-hybridized carbons (Fsp3) is 0.647.